The second kappa shape index (κ2) is 4.74. The smallest absolute Gasteiger partial charge is 0.280 e. The summed E-state index contributed by atoms with van der Waals surface area (Å²) in [5.41, 5.74) is -0.916. The van der Waals surface area contributed by atoms with Crippen molar-refractivity contribution in [3.63, 3.8) is 0 Å². The van der Waals surface area contributed by atoms with Crippen LogP contribution in [0.1, 0.15) is 0 Å². The molecule has 66 valence electrons. The Labute approximate surface area is 72.6 Å². The zero-order chi connectivity index (χ0) is 8.91. The standard InChI is InChI=1S/C6H13ClO3Si/c1-11(2,3)5-4-9-10-6(7)8/h4-5H2,1-3H3. The molecule has 0 aliphatic rings. The molecule has 0 N–H and O–H groups in total. The van der Waals surface area contributed by atoms with E-state index in [1.54, 1.807) is 0 Å². The fraction of sp³-hybridized carbons (Fsp3) is 0.833. The van der Waals surface area contributed by atoms with E-state index < -0.39 is 13.5 Å². The van der Waals surface area contributed by atoms with Crippen molar-refractivity contribution in [1.29, 1.82) is 0 Å². The van der Waals surface area contributed by atoms with Crippen LogP contribution in [0.4, 0.5) is 4.79 Å². The Kier molecular flexibility index (Phi) is 4.71. The Morgan fingerprint density at radius 1 is 1.45 bits per heavy atom. The second-order valence-corrected chi connectivity index (χ2v) is 9.38. The van der Waals surface area contributed by atoms with E-state index in [0.717, 1.165) is 6.04 Å². The van der Waals surface area contributed by atoms with E-state index in [1.807, 2.05) is 0 Å². The van der Waals surface area contributed by atoms with Gasteiger partial charge in [-0.1, -0.05) is 19.6 Å². The lowest BCUT2D eigenvalue weighted by molar-refractivity contribution is -0.226. The average Bonchev–Trinajstić information content (AvgIpc) is 1.78. The Morgan fingerprint density at radius 2 is 2.00 bits per heavy atom. The van der Waals surface area contributed by atoms with Gasteiger partial charge in [0.1, 0.15) is 0 Å². The topological polar surface area (TPSA) is 35.5 Å². The van der Waals surface area contributed by atoms with Crippen molar-refractivity contribution in [3.8, 4) is 0 Å². The number of carbonyl (C=O) groups excluding carboxylic acids is 1. The first-order valence-corrected chi connectivity index (χ1v) is 7.49. The van der Waals surface area contributed by atoms with Gasteiger partial charge in [-0.15, -0.1) is 0 Å². The first kappa shape index (κ1) is 10.9. The zero-order valence-corrected chi connectivity index (χ0v) is 8.77. The predicted octanol–water partition coefficient (Wildman–Crippen LogP) is 2.63. The molecule has 0 rings (SSSR count). The molecule has 11 heavy (non-hydrogen) atoms. The number of hydrogen-bond acceptors (Lipinski definition) is 3. The van der Waals surface area contributed by atoms with Crippen LogP contribution in [0.5, 0.6) is 0 Å². The summed E-state index contributed by atoms with van der Waals surface area (Å²) in [6.07, 6.45) is 0. The SMILES string of the molecule is C[Si](C)(C)CCOOC(=O)Cl. The Bertz CT molecular complexity index is 132. The van der Waals surface area contributed by atoms with Gasteiger partial charge in [-0.3, -0.25) is 4.89 Å². The first-order valence-electron chi connectivity index (χ1n) is 3.41. The maximum Gasteiger partial charge on any atom is 0.435 e. The van der Waals surface area contributed by atoms with Gasteiger partial charge in [0.05, 0.1) is 6.61 Å². The van der Waals surface area contributed by atoms with E-state index in [4.69, 9.17) is 11.6 Å². The van der Waals surface area contributed by atoms with Gasteiger partial charge >= 0.3 is 5.43 Å². The van der Waals surface area contributed by atoms with Gasteiger partial charge in [-0.05, 0) is 6.04 Å². The van der Waals surface area contributed by atoms with Crippen LogP contribution in [-0.2, 0) is 9.78 Å². The zero-order valence-electron chi connectivity index (χ0n) is 7.02. The highest BCUT2D eigenvalue weighted by molar-refractivity contribution is 6.76. The fourth-order valence-corrected chi connectivity index (χ4v) is 1.18. The third kappa shape index (κ3) is 9.94. The normalized spacial score (nSPS) is 11.3. The summed E-state index contributed by atoms with van der Waals surface area (Å²) in [6, 6.07) is 0.956. The summed E-state index contributed by atoms with van der Waals surface area (Å²) in [5, 5.41) is 0. The highest BCUT2D eigenvalue weighted by Gasteiger charge is 2.12. The molecule has 0 amide bonds. The molecule has 0 bridgehead atoms. The highest BCUT2D eigenvalue weighted by atomic mass is 35.5. The van der Waals surface area contributed by atoms with Crippen molar-refractivity contribution < 1.29 is 14.6 Å². The van der Waals surface area contributed by atoms with Gasteiger partial charge in [-0.25, -0.2) is 4.79 Å². The molecule has 3 nitrogen and oxygen atoms in total. The molecule has 0 aromatic rings. The number of rotatable bonds is 4. The molecular formula is C6H13ClO3Si. The van der Waals surface area contributed by atoms with E-state index in [2.05, 4.69) is 29.4 Å². The third-order valence-electron chi connectivity index (χ3n) is 1.06. The maximum atomic E-state index is 10.00. The fourth-order valence-electron chi connectivity index (χ4n) is 0.436. The van der Waals surface area contributed by atoms with Gasteiger partial charge in [0.2, 0.25) is 0 Å². The van der Waals surface area contributed by atoms with Crippen LogP contribution >= 0.6 is 11.6 Å². The van der Waals surface area contributed by atoms with Crippen molar-refractivity contribution >= 4 is 25.1 Å². The van der Waals surface area contributed by atoms with E-state index >= 15 is 0 Å². The molecule has 0 saturated carbocycles. The van der Waals surface area contributed by atoms with Crippen LogP contribution in [0.25, 0.3) is 0 Å². The van der Waals surface area contributed by atoms with Crippen LogP contribution < -0.4 is 0 Å². The first-order chi connectivity index (χ1) is 4.92. The molecule has 5 heteroatoms. The van der Waals surface area contributed by atoms with Gasteiger partial charge in [0.15, 0.2) is 0 Å². The van der Waals surface area contributed by atoms with Crippen molar-refractivity contribution in [1.82, 2.24) is 0 Å². The van der Waals surface area contributed by atoms with Gasteiger partial charge in [-0.2, -0.15) is 4.89 Å². The summed E-state index contributed by atoms with van der Waals surface area (Å²) in [7, 11) is -1.09. The average molecular weight is 197 g/mol. The Balaban J connectivity index is 3.22. The molecule has 0 spiro atoms. The number of hydrogen-bond donors (Lipinski definition) is 0. The third-order valence-corrected chi connectivity index (χ3v) is 2.83. The van der Waals surface area contributed by atoms with E-state index in [1.165, 1.54) is 0 Å². The summed E-state index contributed by atoms with van der Waals surface area (Å²) in [6.45, 7) is 7.06. The maximum absolute atomic E-state index is 10.00. The van der Waals surface area contributed by atoms with Crippen molar-refractivity contribution in [2.45, 2.75) is 25.7 Å². The lowest BCUT2D eigenvalue weighted by Crippen LogP contribution is -2.21. The van der Waals surface area contributed by atoms with Crippen molar-refractivity contribution in [2.24, 2.45) is 0 Å². The van der Waals surface area contributed by atoms with Crippen LogP contribution in [0, 0.1) is 0 Å². The van der Waals surface area contributed by atoms with Crippen LogP contribution in [-0.4, -0.2) is 20.1 Å². The lowest BCUT2D eigenvalue weighted by Gasteiger charge is -2.13. The predicted molar refractivity (Wildman–Crippen MR) is 46.4 cm³/mol. The van der Waals surface area contributed by atoms with Gasteiger partial charge < -0.3 is 0 Å². The van der Waals surface area contributed by atoms with E-state index in [9.17, 15) is 4.79 Å². The minimum atomic E-state index is -1.09. The molecule has 0 saturated heterocycles. The monoisotopic (exact) mass is 196 g/mol. The molecule has 0 aliphatic heterocycles. The summed E-state index contributed by atoms with van der Waals surface area (Å²) in [4.78, 5) is 18.6. The molecule has 0 heterocycles. The minimum absolute atomic E-state index is 0.439. The molecule has 0 unspecified atom stereocenters. The molecular weight excluding hydrogens is 184 g/mol. The second-order valence-electron chi connectivity index (χ2n) is 3.45. The quantitative estimate of drug-likeness (QED) is 0.228. The highest BCUT2D eigenvalue weighted by Crippen LogP contribution is 2.07. The largest absolute Gasteiger partial charge is 0.435 e. The summed E-state index contributed by atoms with van der Waals surface area (Å²) < 4.78 is 0. The molecule has 0 aromatic carbocycles. The molecule has 0 radical (unpaired) electrons. The van der Waals surface area contributed by atoms with Gasteiger partial charge in [0, 0.05) is 19.7 Å². The molecule has 0 atom stereocenters. The minimum Gasteiger partial charge on any atom is -0.280 e. The van der Waals surface area contributed by atoms with Gasteiger partial charge in [0.25, 0.3) is 0 Å². The summed E-state index contributed by atoms with van der Waals surface area (Å²) in [5.74, 6) is 0. The summed E-state index contributed by atoms with van der Waals surface area (Å²) >= 11 is 4.85. The van der Waals surface area contributed by atoms with Crippen molar-refractivity contribution in [2.75, 3.05) is 6.61 Å². The number of carbonyl (C=O) groups is 1. The molecule has 0 aromatic heterocycles. The lowest BCUT2D eigenvalue weighted by atomic mass is 10.9. The molecule has 0 fully saturated rings. The van der Waals surface area contributed by atoms with Crippen LogP contribution in [0.2, 0.25) is 25.7 Å². The van der Waals surface area contributed by atoms with E-state index in [-0.39, 0.29) is 0 Å². The van der Waals surface area contributed by atoms with E-state index in [0.29, 0.717) is 6.61 Å². The van der Waals surface area contributed by atoms with Crippen molar-refractivity contribution in [3.05, 3.63) is 0 Å². The van der Waals surface area contributed by atoms with Crippen LogP contribution in [0.3, 0.4) is 0 Å². The molecule has 0 aliphatic carbocycles. The number of halogens is 1. The Morgan fingerprint density at radius 3 is 2.36 bits per heavy atom. The van der Waals surface area contributed by atoms with Crippen LogP contribution in [0.15, 0.2) is 0 Å². The Hall–Kier alpha value is -0.0631.